The Morgan fingerprint density at radius 3 is 2.19 bits per heavy atom. The molecule has 7 heteroatoms. The standard InChI is InChI=1S/C9H6O6.Pb/c10-7(11)4-1-2-5(8(12)13)6(3-4)9(14)15;/h1-3H,(H,10,11)(H,12,13)(H,14,15);/q;+3/p-3. The molecule has 0 N–H and O–H groups in total. The van der Waals surface area contributed by atoms with Crippen LogP contribution in [0.4, 0.5) is 0 Å². The van der Waals surface area contributed by atoms with Gasteiger partial charge in [0.2, 0.25) is 0 Å². The van der Waals surface area contributed by atoms with E-state index in [1.54, 1.807) is 0 Å². The summed E-state index contributed by atoms with van der Waals surface area (Å²) in [5, 5.41) is 0. The van der Waals surface area contributed by atoms with Gasteiger partial charge in [0.05, 0.1) is 0 Å². The van der Waals surface area contributed by atoms with Gasteiger partial charge in [0.15, 0.2) is 0 Å². The van der Waals surface area contributed by atoms with Crippen molar-refractivity contribution in [2.24, 2.45) is 0 Å². The first-order valence-electron chi connectivity index (χ1n) is 4.33. The van der Waals surface area contributed by atoms with E-state index in [0.717, 1.165) is 0 Å². The molecule has 0 spiro atoms. The van der Waals surface area contributed by atoms with Gasteiger partial charge in [-0.25, -0.2) is 0 Å². The fraction of sp³-hybridized carbons (Fsp3) is 0. The molecular weight excluding hydrogens is 411 g/mol. The fourth-order valence-corrected chi connectivity index (χ4v) is 5.04. The zero-order chi connectivity index (χ0) is 11.3. The number of rotatable bonds is 0. The Morgan fingerprint density at radius 1 is 0.812 bits per heavy atom. The van der Waals surface area contributed by atoms with Crippen molar-refractivity contribution in [2.45, 2.75) is 0 Å². The van der Waals surface area contributed by atoms with E-state index in [0.29, 0.717) is 0 Å². The van der Waals surface area contributed by atoms with Crippen molar-refractivity contribution < 1.29 is 22.4 Å². The first-order valence-corrected chi connectivity index (χ1v) is 9.09. The van der Waals surface area contributed by atoms with Crippen molar-refractivity contribution in [1.29, 1.82) is 0 Å². The second kappa shape index (κ2) is 3.27. The fourth-order valence-electron chi connectivity index (χ4n) is 1.48. The minimum atomic E-state index is -3.80. The number of fused-ring (bicyclic) bond motifs is 3. The summed E-state index contributed by atoms with van der Waals surface area (Å²) in [7, 11) is 0. The summed E-state index contributed by atoms with van der Waals surface area (Å²) in [6.07, 6.45) is 0. The molecular formula is C9H3O6Pb. The van der Waals surface area contributed by atoms with Gasteiger partial charge in [-0.05, 0) is 0 Å². The molecule has 0 fully saturated rings. The van der Waals surface area contributed by atoms with Crippen LogP contribution in [0, 0.1) is 0 Å². The van der Waals surface area contributed by atoms with Crippen molar-refractivity contribution in [2.75, 3.05) is 0 Å². The van der Waals surface area contributed by atoms with Crippen molar-refractivity contribution in [3.05, 3.63) is 34.9 Å². The molecule has 2 heterocycles. The first kappa shape index (κ1) is 9.76. The van der Waals surface area contributed by atoms with Crippen molar-refractivity contribution in [3.8, 4) is 0 Å². The molecule has 3 rings (SSSR count). The van der Waals surface area contributed by atoms with Crippen LogP contribution in [0.15, 0.2) is 18.2 Å². The monoisotopic (exact) mass is 415 g/mol. The summed E-state index contributed by atoms with van der Waals surface area (Å²) in [6.45, 7) is 0. The number of hydrogen-bond acceptors (Lipinski definition) is 6. The maximum atomic E-state index is 11.6. The number of benzene rings is 1. The molecule has 2 aliphatic rings. The Kier molecular flexibility index (Phi) is 1.99. The maximum absolute atomic E-state index is 11.6. The second-order valence-corrected chi connectivity index (χ2v) is 7.50. The van der Waals surface area contributed by atoms with Gasteiger partial charge in [-0.15, -0.1) is 0 Å². The van der Waals surface area contributed by atoms with Gasteiger partial charge in [0, 0.05) is 0 Å². The first-order chi connectivity index (χ1) is 7.65. The average Bonchev–Trinajstić information content (AvgIpc) is 2.30. The quantitative estimate of drug-likeness (QED) is 0.564. The molecule has 0 saturated heterocycles. The van der Waals surface area contributed by atoms with Gasteiger partial charge in [-0.1, -0.05) is 0 Å². The molecule has 0 atom stereocenters. The normalized spacial score (nSPS) is 18.4. The number of hydrogen-bond donors (Lipinski definition) is 0. The zero-order valence-electron chi connectivity index (χ0n) is 7.68. The van der Waals surface area contributed by atoms with Crippen LogP contribution in [0.1, 0.15) is 31.1 Å². The Bertz CT molecular complexity index is 532. The van der Waals surface area contributed by atoms with Crippen LogP contribution < -0.4 is 0 Å². The molecule has 0 amide bonds. The molecule has 79 valence electrons. The molecule has 16 heavy (non-hydrogen) atoms. The summed E-state index contributed by atoms with van der Waals surface area (Å²) in [4.78, 5) is 34.6. The summed E-state index contributed by atoms with van der Waals surface area (Å²) in [6, 6.07) is 4.08. The SMILES string of the molecule is O=C1[O][Pb]2[O]C(=O)c3ccc1cc3C(=O)[O]2. The molecule has 1 aromatic carbocycles. The van der Waals surface area contributed by atoms with Crippen LogP contribution >= 0.6 is 0 Å². The van der Waals surface area contributed by atoms with Gasteiger partial charge < -0.3 is 0 Å². The van der Waals surface area contributed by atoms with E-state index < -0.39 is 42.0 Å². The van der Waals surface area contributed by atoms with Gasteiger partial charge in [0.25, 0.3) is 0 Å². The molecule has 1 radical (unpaired) electrons. The zero-order valence-corrected chi connectivity index (χ0v) is 11.6. The van der Waals surface area contributed by atoms with Gasteiger partial charge in [-0.2, -0.15) is 0 Å². The molecule has 3 bridgehead atoms. The van der Waals surface area contributed by atoms with Crippen LogP contribution in [-0.4, -0.2) is 42.0 Å². The number of carbonyl (C=O) groups excluding carboxylic acids is 3. The van der Waals surface area contributed by atoms with Crippen molar-refractivity contribution in [3.63, 3.8) is 0 Å². The van der Waals surface area contributed by atoms with E-state index >= 15 is 0 Å². The molecule has 6 nitrogen and oxygen atoms in total. The Morgan fingerprint density at radius 2 is 1.44 bits per heavy atom. The minimum absolute atomic E-state index is 0.0687. The summed E-state index contributed by atoms with van der Waals surface area (Å²) >= 11 is -3.80. The van der Waals surface area contributed by atoms with Crippen LogP contribution in [-0.2, 0) is 8.06 Å². The van der Waals surface area contributed by atoms with Crippen LogP contribution in [0.25, 0.3) is 0 Å². The molecule has 0 aromatic heterocycles. The van der Waals surface area contributed by atoms with Crippen LogP contribution in [0.2, 0.25) is 0 Å². The van der Waals surface area contributed by atoms with E-state index in [1.165, 1.54) is 18.2 Å². The number of carbonyl (C=O) groups is 3. The van der Waals surface area contributed by atoms with E-state index in [4.69, 9.17) is 8.06 Å². The predicted molar refractivity (Wildman–Crippen MR) is 48.4 cm³/mol. The van der Waals surface area contributed by atoms with Gasteiger partial charge in [-0.3, -0.25) is 0 Å². The van der Waals surface area contributed by atoms with Crippen LogP contribution in [0.5, 0.6) is 0 Å². The van der Waals surface area contributed by atoms with E-state index in [1.807, 2.05) is 0 Å². The van der Waals surface area contributed by atoms with Gasteiger partial charge in [0.1, 0.15) is 0 Å². The summed E-state index contributed by atoms with van der Waals surface area (Å²) in [5.74, 6) is -1.93. The Labute approximate surface area is 99.2 Å². The van der Waals surface area contributed by atoms with Crippen molar-refractivity contribution >= 4 is 42.0 Å². The molecule has 0 saturated carbocycles. The van der Waals surface area contributed by atoms with E-state index in [2.05, 4.69) is 0 Å². The third kappa shape index (κ3) is 1.33. The Balaban J connectivity index is 2.33. The molecule has 2 aliphatic heterocycles. The van der Waals surface area contributed by atoms with Crippen molar-refractivity contribution in [1.82, 2.24) is 0 Å². The third-order valence-electron chi connectivity index (χ3n) is 2.22. The molecule has 0 aliphatic carbocycles. The third-order valence-corrected chi connectivity index (χ3v) is 6.33. The molecule has 1 aromatic rings. The van der Waals surface area contributed by atoms with Crippen LogP contribution in [0.3, 0.4) is 0 Å². The molecule has 0 unspecified atom stereocenters. The van der Waals surface area contributed by atoms with Gasteiger partial charge >= 0.3 is 99.3 Å². The van der Waals surface area contributed by atoms with E-state index in [9.17, 15) is 14.4 Å². The summed E-state index contributed by atoms with van der Waals surface area (Å²) < 4.78 is 14.6. The average molecular weight is 414 g/mol. The topological polar surface area (TPSA) is 78.9 Å². The second-order valence-electron chi connectivity index (χ2n) is 3.18. The Hall–Kier alpha value is -1.45. The predicted octanol–water partition coefficient (Wildman–Crippen LogP) is 0.169. The van der Waals surface area contributed by atoms with E-state index in [-0.39, 0.29) is 16.7 Å². The summed E-state index contributed by atoms with van der Waals surface area (Å²) in [5.41, 5.74) is 0.419.